The zero-order valence-electron chi connectivity index (χ0n) is 7.89. The molecule has 1 saturated heterocycles. The second kappa shape index (κ2) is 4.12. The molecule has 2 rings (SSSR count). The number of morpholine rings is 1. The highest BCUT2D eigenvalue weighted by molar-refractivity contribution is 5.48. The first kappa shape index (κ1) is 9.04. The Bertz CT molecular complexity index is 331. The van der Waals surface area contributed by atoms with Crippen LogP contribution in [0, 0.1) is 11.3 Å². The lowest BCUT2D eigenvalue weighted by Crippen LogP contribution is -2.44. The molecule has 1 aliphatic heterocycles. The molecule has 3 heteroatoms. The topological polar surface area (TPSA) is 36.3 Å². The largest absolute Gasteiger partial charge is 0.376 e. The van der Waals surface area contributed by atoms with E-state index in [0.717, 1.165) is 12.2 Å². The normalized spacial score (nSPS) is 21.6. The van der Waals surface area contributed by atoms with Crippen molar-refractivity contribution < 1.29 is 4.74 Å². The Balaban J connectivity index is 2.20. The maximum Gasteiger partial charge on any atom is 0.140 e. The van der Waals surface area contributed by atoms with Gasteiger partial charge in [0.25, 0.3) is 0 Å². The smallest absolute Gasteiger partial charge is 0.140 e. The van der Waals surface area contributed by atoms with E-state index in [0.29, 0.717) is 13.2 Å². The highest BCUT2D eigenvalue weighted by Gasteiger charge is 2.22. The second-order valence-electron chi connectivity index (χ2n) is 3.25. The Hall–Kier alpha value is -1.53. The van der Waals surface area contributed by atoms with Crippen LogP contribution in [0.4, 0.5) is 5.69 Å². The minimum atomic E-state index is -0.147. The molecule has 0 spiro atoms. The van der Waals surface area contributed by atoms with E-state index in [2.05, 4.69) is 11.0 Å². The van der Waals surface area contributed by atoms with Crippen LogP contribution in [-0.4, -0.2) is 25.8 Å². The second-order valence-corrected chi connectivity index (χ2v) is 3.25. The highest BCUT2D eigenvalue weighted by Crippen LogP contribution is 2.18. The van der Waals surface area contributed by atoms with Gasteiger partial charge in [0.05, 0.1) is 19.3 Å². The standard InChI is InChI=1S/C11H12N2O/c12-8-11-9-14-7-6-13(11)10-4-2-1-3-5-10/h1-5,11H,6-7,9H2. The van der Waals surface area contributed by atoms with Crippen molar-refractivity contribution in [3.63, 3.8) is 0 Å². The molecule has 1 aliphatic rings. The number of rotatable bonds is 1. The molecular weight excluding hydrogens is 176 g/mol. The third-order valence-corrected chi connectivity index (χ3v) is 2.37. The fraction of sp³-hybridized carbons (Fsp3) is 0.364. The molecule has 0 N–H and O–H groups in total. The third-order valence-electron chi connectivity index (χ3n) is 2.37. The van der Waals surface area contributed by atoms with Crippen molar-refractivity contribution in [2.45, 2.75) is 6.04 Å². The molecule has 0 aliphatic carbocycles. The van der Waals surface area contributed by atoms with Crippen LogP contribution in [0.2, 0.25) is 0 Å². The third kappa shape index (κ3) is 1.70. The number of para-hydroxylation sites is 1. The molecule has 1 aromatic rings. The van der Waals surface area contributed by atoms with Gasteiger partial charge in [-0.05, 0) is 12.1 Å². The van der Waals surface area contributed by atoms with Crippen molar-refractivity contribution in [3.05, 3.63) is 30.3 Å². The SMILES string of the molecule is N#CC1COCCN1c1ccccc1. The first-order chi connectivity index (χ1) is 6.92. The summed E-state index contributed by atoms with van der Waals surface area (Å²) in [5.74, 6) is 0. The number of benzene rings is 1. The Morgan fingerprint density at radius 1 is 1.36 bits per heavy atom. The van der Waals surface area contributed by atoms with Gasteiger partial charge in [-0.2, -0.15) is 5.26 Å². The van der Waals surface area contributed by atoms with Gasteiger partial charge >= 0.3 is 0 Å². The van der Waals surface area contributed by atoms with Crippen LogP contribution in [0.15, 0.2) is 30.3 Å². The van der Waals surface area contributed by atoms with E-state index in [-0.39, 0.29) is 6.04 Å². The molecule has 14 heavy (non-hydrogen) atoms. The van der Waals surface area contributed by atoms with E-state index in [1.807, 2.05) is 30.3 Å². The molecule has 0 aromatic heterocycles. The van der Waals surface area contributed by atoms with Gasteiger partial charge in [-0.3, -0.25) is 0 Å². The van der Waals surface area contributed by atoms with E-state index >= 15 is 0 Å². The summed E-state index contributed by atoms with van der Waals surface area (Å²) in [7, 11) is 0. The first-order valence-electron chi connectivity index (χ1n) is 4.71. The minimum Gasteiger partial charge on any atom is -0.376 e. The molecule has 1 aromatic carbocycles. The van der Waals surface area contributed by atoms with Crippen LogP contribution in [0.1, 0.15) is 0 Å². The molecule has 0 amide bonds. The summed E-state index contributed by atoms with van der Waals surface area (Å²) in [5, 5.41) is 8.95. The quantitative estimate of drug-likeness (QED) is 0.668. The van der Waals surface area contributed by atoms with Gasteiger partial charge < -0.3 is 9.64 Å². The Labute approximate surface area is 83.5 Å². The van der Waals surface area contributed by atoms with Gasteiger partial charge in [-0.25, -0.2) is 0 Å². The molecular formula is C11H12N2O. The minimum absolute atomic E-state index is 0.147. The van der Waals surface area contributed by atoms with Crippen molar-refractivity contribution in [2.24, 2.45) is 0 Å². The number of ether oxygens (including phenoxy) is 1. The van der Waals surface area contributed by atoms with Gasteiger partial charge in [0.1, 0.15) is 6.04 Å². The molecule has 0 saturated carbocycles. The fourth-order valence-corrected chi connectivity index (χ4v) is 1.64. The maximum absolute atomic E-state index is 8.95. The Morgan fingerprint density at radius 2 is 2.14 bits per heavy atom. The maximum atomic E-state index is 8.95. The van der Waals surface area contributed by atoms with Crippen LogP contribution in [0.3, 0.4) is 0 Å². The molecule has 3 nitrogen and oxygen atoms in total. The summed E-state index contributed by atoms with van der Waals surface area (Å²) in [6.45, 7) is 2.00. The van der Waals surface area contributed by atoms with Crippen LogP contribution in [-0.2, 0) is 4.74 Å². The van der Waals surface area contributed by atoms with E-state index < -0.39 is 0 Å². The lowest BCUT2D eigenvalue weighted by atomic mass is 10.2. The van der Waals surface area contributed by atoms with E-state index in [4.69, 9.17) is 10.00 Å². The highest BCUT2D eigenvalue weighted by atomic mass is 16.5. The molecule has 0 radical (unpaired) electrons. The Kier molecular flexibility index (Phi) is 2.66. The van der Waals surface area contributed by atoms with Gasteiger partial charge in [-0.15, -0.1) is 0 Å². The van der Waals surface area contributed by atoms with Crippen LogP contribution >= 0.6 is 0 Å². The van der Waals surface area contributed by atoms with E-state index in [1.54, 1.807) is 0 Å². The van der Waals surface area contributed by atoms with Crippen LogP contribution in [0.25, 0.3) is 0 Å². The van der Waals surface area contributed by atoms with Crippen LogP contribution in [0.5, 0.6) is 0 Å². The lowest BCUT2D eigenvalue weighted by molar-refractivity contribution is 0.107. The van der Waals surface area contributed by atoms with E-state index in [9.17, 15) is 0 Å². The fourth-order valence-electron chi connectivity index (χ4n) is 1.64. The molecule has 1 unspecified atom stereocenters. The van der Waals surface area contributed by atoms with Gasteiger partial charge in [-0.1, -0.05) is 18.2 Å². The molecule has 0 bridgehead atoms. The Morgan fingerprint density at radius 3 is 2.86 bits per heavy atom. The van der Waals surface area contributed by atoms with Crippen molar-refractivity contribution in [2.75, 3.05) is 24.7 Å². The zero-order chi connectivity index (χ0) is 9.80. The van der Waals surface area contributed by atoms with Crippen molar-refractivity contribution in [1.29, 1.82) is 5.26 Å². The first-order valence-corrected chi connectivity index (χ1v) is 4.71. The summed E-state index contributed by atoms with van der Waals surface area (Å²) >= 11 is 0. The number of nitrogens with zero attached hydrogens (tertiary/aromatic N) is 2. The predicted octanol–water partition coefficient (Wildman–Crippen LogP) is 1.42. The number of hydrogen-bond donors (Lipinski definition) is 0. The molecule has 1 fully saturated rings. The van der Waals surface area contributed by atoms with Gasteiger partial charge in [0.2, 0.25) is 0 Å². The number of hydrogen-bond acceptors (Lipinski definition) is 3. The predicted molar refractivity (Wildman–Crippen MR) is 54.0 cm³/mol. The summed E-state index contributed by atoms with van der Waals surface area (Å²) in [5.41, 5.74) is 1.10. The van der Waals surface area contributed by atoms with Crippen molar-refractivity contribution in [1.82, 2.24) is 0 Å². The molecule has 1 heterocycles. The summed E-state index contributed by atoms with van der Waals surface area (Å²) in [6, 6.07) is 12.1. The average molecular weight is 188 g/mol. The van der Waals surface area contributed by atoms with Crippen molar-refractivity contribution >= 4 is 5.69 Å². The van der Waals surface area contributed by atoms with Gasteiger partial charge in [0, 0.05) is 12.2 Å². The molecule has 72 valence electrons. The van der Waals surface area contributed by atoms with Crippen molar-refractivity contribution in [3.8, 4) is 6.07 Å². The average Bonchev–Trinajstić information content (AvgIpc) is 2.30. The summed E-state index contributed by atoms with van der Waals surface area (Å²) in [4.78, 5) is 2.09. The summed E-state index contributed by atoms with van der Waals surface area (Å²) < 4.78 is 5.26. The van der Waals surface area contributed by atoms with E-state index in [1.165, 1.54) is 0 Å². The van der Waals surface area contributed by atoms with Crippen LogP contribution < -0.4 is 4.90 Å². The number of anilines is 1. The molecule has 1 atom stereocenters. The monoisotopic (exact) mass is 188 g/mol. The van der Waals surface area contributed by atoms with Gasteiger partial charge in [0.15, 0.2) is 0 Å². The zero-order valence-corrected chi connectivity index (χ0v) is 7.89. The summed E-state index contributed by atoms with van der Waals surface area (Å²) in [6.07, 6.45) is 0. The number of nitriles is 1. The lowest BCUT2D eigenvalue weighted by Gasteiger charge is -2.33.